The molecule has 0 amide bonds. The van der Waals surface area contributed by atoms with Gasteiger partial charge in [-0.3, -0.25) is 0 Å². The second-order valence-corrected chi connectivity index (χ2v) is 5.27. The van der Waals surface area contributed by atoms with Crippen molar-refractivity contribution in [3.05, 3.63) is 28.2 Å². The number of alkyl halides is 3. The second-order valence-electron chi connectivity index (χ2n) is 4.35. The fourth-order valence-electron chi connectivity index (χ4n) is 1.52. The van der Waals surface area contributed by atoms with Crippen molar-refractivity contribution in [3.8, 4) is 5.75 Å². The molecule has 2 rings (SSSR count). The molecule has 0 heterocycles. The van der Waals surface area contributed by atoms with E-state index in [0.717, 1.165) is 10.0 Å². The first-order chi connectivity index (χ1) is 8.42. The van der Waals surface area contributed by atoms with Gasteiger partial charge in [-0.25, -0.2) is 0 Å². The fourth-order valence-corrected chi connectivity index (χ4v) is 2.04. The molecule has 2 nitrogen and oxygen atoms in total. The van der Waals surface area contributed by atoms with Gasteiger partial charge < -0.3 is 10.1 Å². The molecule has 1 aliphatic rings. The first-order valence-corrected chi connectivity index (χ1v) is 6.44. The van der Waals surface area contributed by atoms with Crippen molar-refractivity contribution in [3.63, 3.8) is 0 Å². The van der Waals surface area contributed by atoms with Crippen molar-refractivity contribution in [2.45, 2.75) is 31.6 Å². The molecule has 1 fully saturated rings. The number of rotatable bonds is 5. The van der Waals surface area contributed by atoms with Crippen LogP contribution in [0.25, 0.3) is 0 Å². The highest BCUT2D eigenvalue weighted by atomic mass is 79.9. The predicted molar refractivity (Wildman–Crippen MR) is 65.6 cm³/mol. The lowest BCUT2D eigenvalue weighted by Gasteiger charge is -2.11. The van der Waals surface area contributed by atoms with E-state index in [-0.39, 0.29) is 5.75 Å². The Hall–Kier alpha value is -0.750. The van der Waals surface area contributed by atoms with Gasteiger partial charge in [0, 0.05) is 17.1 Å². The number of benzene rings is 1. The van der Waals surface area contributed by atoms with Crippen molar-refractivity contribution in [2.24, 2.45) is 0 Å². The Balaban J connectivity index is 1.96. The highest BCUT2D eigenvalue weighted by Gasteiger charge is 2.28. The van der Waals surface area contributed by atoms with Crippen LogP contribution in [-0.2, 0) is 6.54 Å². The van der Waals surface area contributed by atoms with Crippen LogP contribution in [0.2, 0.25) is 0 Å². The maximum Gasteiger partial charge on any atom is 0.422 e. The van der Waals surface area contributed by atoms with Crippen molar-refractivity contribution >= 4 is 15.9 Å². The molecule has 0 unspecified atom stereocenters. The zero-order chi connectivity index (χ0) is 13.2. The van der Waals surface area contributed by atoms with E-state index in [1.165, 1.54) is 18.9 Å². The van der Waals surface area contributed by atoms with Crippen LogP contribution < -0.4 is 10.1 Å². The second kappa shape index (κ2) is 5.48. The van der Waals surface area contributed by atoms with Crippen LogP contribution in [0.15, 0.2) is 22.7 Å². The van der Waals surface area contributed by atoms with Gasteiger partial charge in [-0.2, -0.15) is 13.2 Å². The molecule has 1 aliphatic carbocycles. The first-order valence-electron chi connectivity index (χ1n) is 5.65. The smallest absolute Gasteiger partial charge is 0.422 e. The Morgan fingerprint density at radius 3 is 2.61 bits per heavy atom. The molecule has 0 aliphatic heterocycles. The van der Waals surface area contributed by atoms with Crippen LogP contribution >= 0.6 is 15.9 Å². The van der Waals surface area contributed by atoms with Crippen molar-refractivity contribution < 1.29 is 17.9 Å². The predicted octanol–water partition coefficient (Wildman–Crippen LogP) is 3.64. The Morgan fingerprint density at radius 2 is 2.00 bits per heavy atom. The quantitative estimate of drug-likeness (QED) is 0.893. The lowest BCUT2D eigenvalue weighted by molar-refractivity contribution is -0.153. The molecular weight excluding hydrogens is 311 g/mol. The Kier molecular flexibility index (Phi) is 4.17. The minimum atomic E-state index is -4.31. The van der Waals surface area contributed by atoms with Crippen LogP contribution in [-0.4, -0.2) is 18.8 Å². The summed E-state index contributed by atoms with van der Waals surface area (Å²) in [4.78, 5) is 0. The lowest BCUT2D eigenvalue weighted by atomic mass is 10.2. The number of nitrogens with one attached hydrogen (secondary N) is 1. The molecule has 1 N–H and O–H groups in total. The van der Waals surface area contributed by atoms with Gasteiger partial charge in [0.15, 0.2) is 6.61 Å². The largest absolute Gasteiger partial charge is 0.484 e. The standard InChI is InChI=1S/C12H13BrF3NO/c13-9-3-8(6-17-10-1-2-10)4-11(5-9)18-7-12(14,15)16/h3-5,10,17H,1-2,6-7H2. The molecule has 1 saturated carbocycles. The topological polar surface area (TPSA) is 21.3 Å². The van der Waals surface area contributed by atoms with Crippen LogP contribution in [0.5, 0.6) is 5.75 Å². The Bertz CT molecular complexity index is 418. The minimum absolute atomic E-state index is 0.231. The van der Waals surface area contributed by atoms with Gasteiger partial charge in [0.05, 0.1) is 0 Å². The molecule has 0 radical (unpaired) electrons. The SMILES string of the molecule is FC(F)(F)COc1cc(Br)cc(CNC2CC2)c1. The summed E-state index contributed by atoms with van der Waals surface area (Å²) < 4.78 is 41.6. The highest BCUT2D eigenvalue weighted by Crippen LogP contribution is 2.25. The molecule has 1 aromatic carbocycles. The summed E-state index contributed by atoms with van der Waals surface area (Å²) in [5, 5.41) is 3.30. The summed E-state index contributed by atoms with van der Waals surface area (Å²) in [5.41, 5.74) is 0.911. The van der Waals surface area contributed by atoms with Gasteiger partial charge in [0.25, 0.3) is 0 Å². The summed E-state index contributed by atoms with van der Waals surface area (Å²) >= 11 is 3.27. The van der Waals surface area contributed by atoms with Crippen molar-refractivity contribution in [2.75, 3.05) is 6.61 Å². The van der Waals surface area contributed by atoms with E-state index in [2.05, 4.69) is 21.2 Å². The molecule has 0 bridgehead atoms. The first kappa shape index (κ1) is 13.7. The monoisotopic (exact) mass is 323 g/mol. The summed E-state index contributed by atoms with van der Waals surface area (Å²) in [6.45, 7) is -0.620. The normalized spacial score (nSPS) is 15.8. The van der Waals surface area contributed by atoms with E-state index in [4.69, 9.17) is 4.74 Å². The molecule has 18 heavy (non-hydrogen) atoms. The van der Waals surface area contributed by atoms with E-state index >= 15 is 0 Å². The van der Waals surface area contributed by atoms with E-state index in [9.17, 15) is 13.2 Å². The molecular formula is C12H13BrF3NO. The molecule has 0 aromatic heterocycles. The molecule has 100 valence electrons. The number of halogens is 4. The number of hydrogen-bond acceptors (Lipinski definition) is 2. The van der Waals surface area contributed by atoms with Crippen LogP contribution in [0.3, 0.4) is 0 Å². The van der Waals surface area contributed by atoms with Crippen LogP contribution in [0, 0.1) is 0 Å². The summed E-state index contributed by atoms with van der Waals surface area (Å²) in [5.74, 6) is 0.231. The summed E-state index contributed by atoms with van der Waals surface area (Å²) in [7, 11) is 0. The van der Waals surface area contributed by atoms with Gasteiger partial charge in [-0.15, -0.1) is 0 Å². The molecule has 6 heteroatoms. The van der Waals surface area contributed by atoms with Gasteiger partial charge in [0.1, 0.15) is 5.75 Å². The average Bonchev–Trinajstić information content (AvgIpc) is 3.06. The molecule has 0 spiro atoms. The zero-order valence-electron chi connectivity index (χ0n) is 9.56. The van der Waals surface area contributed by atoms with Crippen molar-refractivity contribution in [1.82, 2.24) is 5.32 Å². The van der Waals surface area contributed by atoms with E-state index in [1.54, 1.807) is 6.07 Å². The maximum atomic E-state index is 12.1. The number of hydrogen-bond donors (Lipinski definition) is 1. The van der Waals surface area contributed by atoms with E-state index in [0.29, 0.717) is 12.6 Å². The maximum absolute atomic E-state index is 12.1. The highest BCUT2D eigenvalue weighted by molar-refractivity contribution is 9.10. The Labute approximate surface area is 112 Å². The van der Waals surface area contributed by atoms with Crippen molar-refractivity contribution in [1.29, 1.82) is 0 Å². The molecule has 0 saturated heterocycles. The van der Waals surface area contributed by atoms with Gasteiger partial charge in [-0.1, -0.05) is 15.9 Å². The van der Waals surface area contributed by atoms with Gasteiger partial charge in [-0.05, 0) is 36.6 Å². The third-order valence-electron chi connectivity index (χ3n) is 2.51. The van der Waals surface area contributed by atoms with Crippen LogP contribution in [0.4, 0.5) is 13.2 Å². The Morgan fingerprint density at radius 1 is 1.28 bits per heavy atom. The third kappa shape index (κ3) is 4.86. The lowest BCUT2D eigenvalue weighted by Crippen LogP contribution is -2.19. The van der Waals surface area contributed by atoms with Crippen LogP contribution in [0.1, 0.15) is 18.4 Å². The summed E-state index contributed by atoms with van der Waals surface area (Å²) in [6.07, 6.45) is -1.97. The van der Waals surface area contributed by atoms with Gasteiger partial charge >= 0.3 is 6.18 Å². The zero-order valence-corrected chi connectivity index (χ0v) is 11.1. The average molecular weight is 324 g/mol. The molecule has 0 atom stereocenters. The third-order valence-corrected chi connectivity index (χ3v) is 2.96. The van der Waals surface area contributed by atoms with E-state index in [1.807, 2.05) is 6.07 Å². The fraction of sp³-hybridized carbons (Fsp3) is 0.500. The van der Waals surface area contributed by atoms with Gasteiger partial charge in [0.2, 0.25) is 0 Å². The van der Waals surface area contributed by atoms with E-state index < -0.39 is 12.8 Å². The summed E-state index contributed by atoms with van der Waals surface area (Å²) in [6, 6.07) is 5.59. The molecule has 1 aromatic rings. The number of ether oxygens (including phenoxy) is 1. The minimum Gasteiger partial charge on any atom is -0.484 e.